The maximum absolute atomic E-state index is 12.3. The minimum absolute atomic E-state index is 0.0293. The summed E-state index contributed by atoms with van der Waals surface area (Å²) >= 11 is 0. The summed E-state index contributed by atoms with van der Waals surface area (Å²) in [5.74, 6) is 1.43. The van der Waals surface area contributed by atoms with E-state index in [2.05, 4.69) is 6.92 Å². The second kappa shape index (κ2) is 8.98. The Morgan fingerprint density at radius 2 is 1.82 bits per heavy atom. The van der Waals surface area contributed by atoms with E-state index in [-0.39, 0.29) is 18.0 Å². The molecule has 2 aliphatic rings. The lowest BCUT2D eigenvalue weighted by molar-refractivity contribution is -0.157. The fraction of sp³-hybridized carbons (Fsp3) is 0.789. The Kier molecular flexibility index (Phi) is 6.96. The van der Waals surface area contributed by atoms with Gasteiger partial charge in [0.05, 0.1) is 12.0 Å². The summed E-state index contributed by atoms with van der Waals surface area (Å²) in [7, 11) is 0. The van der Waals surface area contributed by atoms with Crippen molar-refractivity contribution >= 4 is 5.97 Å². The molecule has 0 amide bonds. The van der Waals surface area contributed by atoms with Crippen LogP contribution in [0.1, 0.15) is 71.1 Å². The van der Waals surface area contributed by atoms with E-state index in [0.717, 1.165) is 44.4 Å². The average molecular weight is 303 g/mol. The quantitative estimate of drug-likeness (QED) is 0.542. The highest BCUT2D eigenvalue weighted by Gasteiger charge is 2.29. The number of allylic oxidation sites excluding steroid dienone is 2. The molecular weight excluding hydrogens is 274 g/mol. The molecule has 3 nitrogen and oxygen atoms in total. The zero-order valence-electron chi connectivity index (χ0n) is 13.8. The largest absolute Gasteiger partial charge is 0.462 e. The topological polar surface area (TPSA) is 50.1 Å². The first-order chi connectivity index (χ1) is 10.7. The summed E-state index contributed by atoms with van der Waals surface area (Å²) in [4.78, 5) is 12.3. The molecule has 0 heterocycles. The molecule has 3 heteroatoms. The van der Waals surface area contributed by atoms with Crippen molar-refractivity contribution in [2.75, 3.05) is 0 Å². The molecule has 0 aromatic heterocycles. The molecule has 0 bridgehead atoms. The Morgan fingerprint density at radius 1 is 1.14 bits per heavy atom. The number of nitrogens with zero attached hydrogens (tertiary/aromatic N) is 1. The lowest BCUT2D eigenvalue weighted by atomic mass is 9.81. The van der Waals surface area contributed by atoms with Crippen LogP contribution in [0.2, 0.25) is 0 Å². The molecule has 0 spiro atoms. The third kappa shape index (κ3) is 5.16. The van der Waals surface area contributed by atoms with Gasteiger partial charge in [-0.1, -0.05) is 25.8 Å². The van der Waals surface area contributed by atoms with E-state index in [9.17, 15) is 4.79 Å². The highest BCUT2D eigenvalue weighted by molar-refractivity contribution is 5.72. The van der Waals surface area contributed by atoms with Crippen LogP contribution in [0.15, 0.2) is 12.2 Å². The second-order valence-electron chi connectivity index (χ2n) is 6.97. The molecule has 0 saturated heterocycles. The van der Waals surface area contributed by atoms with E-state index in [1.54, 1.807) is 6.08 Å². The van der Waals surface area contributed by atoms with Crippen LogP contribution in [0.3, 0.4) is 0 Å². The zero-order chi connectivity index (χ0) is 15.8. The van der Waals surface area contributed by atoms with Crippen molar-refractivity contribution in [3.05, 3.63) is 12.2 Å². The maximum Gasteiger partial charge on any atom is 0.309 e. The smallest absolute Gasteiger partial charge is 0.309 e. The van der Waals surface area contributed by atoms with Gasteiger partial charge < -0.3 is 4.74 Å². The first-order valence-corrected chi connectivity index (χ1v) is 8.99. The number of esters is 1. The monoisotopic (exact) mass is 303 g/mol. The maximum atomic E-state index is 12.3. The molecule has 0 aliphatic heterocycles. The number of carbonyl (C=O) groups excluding carboxylic acids is 1. The Morgan fingerprint density at radius 3 is 2.41 bits per heavy atom. The zero-order valence-corrected chi connectivity index (χ0v) is 13.8. The molecule has 0 radical (unpaired) electrons. The van der Waals surface area contributed by atoms with E-state index in [0.29, 0.717) is 5.92 Å². The molecule has 2 rings (SSSR count). The molecule has 0 atom stereocenters. The summed E-state index contributed by atoms with van der Waals surface area (Å²) in [5.41, 5.74) is 0. The van der Waals surface area contributed by atoms with E-state index in [1.165, 1.54) is 25.7 Å². The van der Waals surface area contributed by atoms with Gasteiger partial charge in [0, 0.05) is 6.08 Å². The molecule has 0 unspecified atom stereocenters. The second-order valence-corrected chi connectivity index (χ2v) is 6.97. The van der Waals surface area contributed by atoms with Gasteiger partial charge in [0.1, 0.15) is 6.10 Å². The summed E-state index contributed by atoms with van der Waals surface area (Å²) in [5, 5.41) is 8.56. The normalized spacial score (nSPS) is 32.5. The molecule has 0 aromatic rings. The number of ether oxygens (including phenoxy) is 1. The Bertz CT molecular complexity index is 408. The molecule has 2 fully saturated rings. The van der Waals surface area contributed by atoms with Crippen molar-refractivity contribution in [1.29, 1.82) is 5.26 Å². The predicted molar refractivity (Wildman–Crippen MR) is 86.9 cm³/mol. The van der Waals surface area contributed by atoms with Crippen LogP contribution in [0, 0.1) is 29.1 Å². The van der Waals surface area contributed by atoms with Gasteiger partial charge in [-0.2, -0.15) is 5.26 Å². The Hall–Kier alpha value is -1.30. The van der Waals surface area contributed by atoms with Gasteiger partial charge in [-0.25, -0.2) is 0 Å². The van der Waals surface area contributed by atoms with Crippen LogP contribution in [0.5, 0.6) is 0 Å². The van der Waals surface area contributed by atoms with Gasteiger partial charge in [-0.05, 0) is 63.2 Å². The van der Waals surface area contributed by atoms with Gasteiger partial charge in [0.2, 0.25) is 0 Å². The minimum Gasteiger partial charge on any atom is -0.462 e. The number of rotatable bonds is 5. The summed E-state index contributed by atoms with van der Waals surface area (Å²) < 4.78 is 5.76. The third-order valence-corrected chi connectivity index (χ3v) is 5.32. The van der Waals surface area contributed by atoms with Gasteiger partial charge in [0.25, 0.3) is 0 Å². The minimum atomic E-state index is 0.0293. The molecular formula is C19H29NO2. The van der Waals surface area contributed by atoms with Gasteiger partial charge in [-0.3, -0.25) is 4.79 Å². The molecule has 22 heavy (non-hydrogen) atoms. The van der Waals surface area contributed by atoms with Crippen LogP contribution >= 0.6 is 0 Å². The number of hydrogen-bond acceptors (Lipinski definition) is 3. The standard InChI is InChI=1S/C19H29NO2/c1-2-4-15-8-12-18(13-9-15)22-19(21)17-10-6-16(7-11-17)5-3-14-20/h3,5,15-18H,2,4,6-13H2,1H3/b5-3+. The lowest BCUT2D eigenvalue weighted by Crippen LogP contribution is -2.30. The lowest BCUT2D eigenvalue weighted by Gasteiger charge is -2.31. The molecule has 122 valence electrons. The van der Waals surface area contributed by atoms with Crippen LogP contribution < -0.4 is 0 Å². The molecule has 0 aromatic carbocycles. The van der Waals surface area contributed by atoms with Crippen molar-refractivity contribution in [3.8, 4) is 6.07 Å². The summed E-state index contributed by atoms with van der Waals surface area (Å²) in [6, 6.07) is 2.04. The highest BCUT2D eigenvalue weighted by atomic mass is 16.5. The van der Waals surface area contributed by atoms with Crippen molar-refractivity contribution in [1.82, 2.24) is 0 Å². The van der Waals surface area contributed by atoms with Gasteiger partial charge >= 0.3 is 5.97 Å². The predicted octanol–water partition coefficient (Wildman–Crippen LogP) is 4.77. The van der Waals surface area contributed by atoms with E-state index in [1.807, 2.05) is 12.1 Å². The number of hydrogen-bond donors (Lipinski definition) is 0. The van der Waals surface area contributed by atoms with Crippen LogP contribution in [0.4, 0.5) is 0 Å². The van der Waals surface area contributed by atoms with E-state index in [4.69, 9.17) is 10.00 Å². The van der Waals surface area contributed by atoms with Crippen LogP contribution in [-0.2, 0) is 9.53 Å². The molecule has 2 saturated carbocycles. The summed E-state index contributed by atoms with van der Waals surface area (Å²) in [6.45, 7) is 2.24. The molecule has 0 N–H and O–H groups in total. The third-order valence-electron chi connectivity index (χ3n) is 5.32. The van der Waals surface area contributed by atoms with Crippen molar-refractivity contribution in [3.63, 3.8) is 0 Å². The van der Waals surface area contributed by atoms with Crippen molar-refractivity contribution < 1.29 is 9.53 Å². The molecule has 2 aliphatic carbocycles. The number of nitriles is 1. The van der Waals surface area contributed by atoms with Gasteiger partial charge in [0.15, 0.2) is 0 Å². The van der Waals surface area contributed by atoms with Crippen molar-refractivity contribution in [2.45, 2.75) is 77.2 Å². The first-order valence-electron chi connectivity index (χ1n) is 8.99. The van der Waals surface area contributed by atoms with Crippen LogP contribution in [-0.4, -0.2) is 12.1 Å². The fourth-order valence-electron chi connectivity index (χ4n) is 3.93. The number of carbonyl (C=O) groups is 1. The fourth-order valence-corrected chi connectivity index (χ4v) is 3.93. The SMILES string of the molecule is CCCC1CCC(OC(=O)C2CCC(/C=C/C#N)CC2)CC1. The highest BCUT2D eigenvalue weighted by Crippen LogP contribution is 2.33. The van der Waals surface area contributed by atoms with Crippen molar-refractivity contribution in [2.24, 2.45) is 17.8 Å². The Balaban J connectivity index is 1.68. The first kappa shape index (κ1) is 17.1. The summed E-state index contributed by atoms with van der Waals surface area (Å²) in [6.07, 6.45) is 14.7. The van der Waals surface area contributed by atoms with E-state index < -0.39 is 0 Å². The van der Waals surface area contributed by atoms with Crippen LogP contribution in [0.25, 0.3) is 0 Å². The average Bonchev–Trinajstić information content (AvgIpc) is 2.55. The van der Waals surface area contributed by atoms with E-state index >= 15 is 0 Å². The van der Waals surface area contributed by atoms with Gasteiger partial charge in [-0.15, -0.1) is 0 Å². The Labute approximate surface area is 134 Å².